The number of nitrogens with one attached hydrogen (secondary N) is 4. The Kier molecular flexibility index (Phi) is 5.74. The van der Waals surface area contributed by atoms with Gasteiger partial charge >= 0.3 is 0 Å². The number of carbonyl (C=O) groups excluding carboxylic acids is 1. The zero-order chi connectivity index (χ0) is 23.6. The van der Waals surface area contributed by atoms with Crippen molar-refractivity contribution in [1.29, 1.82) is 0 Å². The molecule has 1 spiro atoms. The Morgan fingerprint density at radius 2 is 2.06 bits per heavy atom. The molecule has 186 valence electrons. The first-order chi connectivity index (χ1) is 16.4. The number of rotatable bonds is 4. The topological polar surface area (TPSA) is 111 Å². The van der Waals surface area contributed by atoms with Crippen LogP contribution in [0.25, 0.3) is 0 Å². The number of nitrogens with two attached hydrogens (primary N) is 1. The number of anilines is 1. The molecule has 6 rings (SSSR count). The first kappa shape index (κ1) is 22.9. The number of hydrazine groups is 1. The summed E-state index contributed by atoms with van der Waals surface area (Å²) in [4.78, 5) is 22.1. The zero-order valence-electron chi connectivity index (χ0n) is 19.4. The molecule has 2 aliphatic carbocycles. The van der Waals surface area contributed by atoms with E-state index in [2.05, 4.69) is 31.4 Å². The number of alkyl halides is 1. The van der Waals surface area contributed by atoms with Gasteiger partial charge in [-0.3, -0.25) is 15.0 Å². The van der Waals surface area contributed by atoms with Crippen LogP contribution >= 0.6 is 11.6 Å². The average molecular weight is 493 g/mol. The molecule has 1 amide bonds. The lowest BCUT2D eigenvalue weighted by atomic mass is 9.74. The highest BCUT2D eigenvalue weighted by atomic mass is 35.5. The van der Waals surface area contributed by atoms with E-state index in [0.29, 0.717) is 29.7 Å². The van der Waals surface area contributed by atoms with Gasteiger partial charge in [0.05, 0.1) is 23.1 Å². The molecule has 6 N–H and O–H groups in total. The fourth-order valence-corrected chi connectivity index (χ4v) is 6.73. The number of piperidine rings is 1. The van der Waals surface area contributed by atoms with Gasteiger partial charge in [-0.25, -0.2) is 20.2 Å². The predicted octanol–water partition coefficient (Wildman–Crippen LogP) is 1.29. The van der Waals surface area contributed by atoms with E-state index in [1.165, 1.54) is 0 Å². The standard InChI is InChI=1S/C23H34ClFN8O/c1-32-21(34)16-18(14-4-7-27-20(17(14)24)28-13-2-3-13)30-31-19(16)29-22(32)33-8-5-23(6-9-33)11-12(25)10-15(23)26/h4,7,12-13,15-16,18-19,22,29-31H,2-3,5-6,8-11,26H2,1H3,(H,27,28)/t12-,15-,16?,18?,19?,22?/m1/s1. The van der Waals surface area contributed by atoms with Crippen LogP contribution in [0.5, 0.6) is 0 Å². The van der Waals surface area contributed by atoms with E-state index in [1.807, 2.05) is 13.1 Å². The molecule has 34 heavy (non-hydrogen) atoms. The van der Waals surface area contributed by atoms with Crippen molar-refractivity contribution in [2.45, 2.75) is 75.3 Å². The van der Waals surface area contributed by atoms with Gasteiger partial charge in [-0.2, -0.15) is 0 Å². The Balaban J connectivity index is 1.16. The highest BCUT2D eigenvalue weighted by Crippen LogP contribution is 2.47. The summed E-state index contributed by atoms with van der Waals surface area (Å²) in [6.45, 7) is 1.58. The van der Waals surface area contributed by atoms with Crippen LogP contribution in [0.4, 0.5) is 10.2 Å². The second-order valence-corrected chi connectivity index (χ2v) is 11.2. The first-order valence-corrected chi connectivity index (χ1v) is 12.8. The number of halogens is 2. The molecule has 0 radical (unpaired) electrons. The minimum absolute atomic E-state index is 0.0579. The van der Waals surface area contributed by atoms with Gasteiger partial charge in [0.25, 0.3) is 0 Å². The lowest BCUT2D eigenvalue weighted by Gasteiger charge is -2.50. The lowest BCUT2D eigenvalue weighted by Crippen LogP contribution is -2.70. The van der Waals surface area contributed by atoms with Crippen LogP contribution in [-0.4, -0.2) is 71.5 Å². The van der Waals surface area contributed by atoms with Crippen molar-refractivity contribution in [1.82, 2.24) is 31.0 Å². The summed E-state index contributed by atoms with van der Waals surface area (Å²) in [6.07, 6.45) is 5.51. The third kappa shape index (κ3) is 3.79. The van der Waals surface area contributed by atoms with Crippen molar-refractivity contribution >= 4 is 23.3 Å². The van der Waals surface area contributed by atoms with Crippen LogP contribution < -0.4 is 27.2 Å². The van der Waals surface area contributed by atoms with Crippen molar-refractivity contribution in [3.05, 3.63) is 22.8 Å². The van der Waals surface area contributed by atoms with Gasteiger partial charge in [-0.05, 0) is 55.6 Å². The van der Waals surface area contributed by atoms with Crippen LogP contribution in [0, 0.1) is 11.3 Å². The Labute approximate surface area is 204 Å². The molecule has 1 aromatic rings. The molecule has 9 nitrogen and oxygen atoms in total. The smallest absolute Gasteiger partial charge is 0.232 e. The normalized spacial score (nSPS) is 37.9. The maximum absolute atomic E-state index is 14.0. The third-order valence-electron chi connectivity index (χ3n) is 8.68. The number of nitrogens with zero attached hydrogens (tertiary/aromatic N) is 3. The van der Waals surface area contributed by atoms with Gasteiger partial charge in [0.2, 0.25) is 5.91 Å². The second-order valence-electron chi connectivity index (χ2n) is 10.8. The van der Waals surface area contributed by atoms with E-state index in [1.54, 1.807) is 11.1 Å². The fourth-order valence-electron chi connectivity index (χ4n) is 6.44. The van der Waals surface area contributed by atoms with Crippen molar-refractivity contribution in [3.8, 4) is 0 Å². The van der Waals surface area contributed by atoms with Gasteiger partial charge in [-0.1, -0.05) is 11.6 Å². The second kappa shape index (κ2) is 8.53. The van der Waals surface area contributed by atoms with Crippen LogP contribution in [0.3, 0.4) is 0 Å². The predicted molar refractivity (Wildman–Crippen MR) is 127 cm³/mol. The molecule has 4 heterocycles. The van der Waals surface area contributed by atoms with Gasteiger partial charge in [0.15, 0.2) is 0 Å². The quantitative estimate of drug-likeness (QED) is 0.427. The van der Waals surface area contributed by atoms with Crippen molar-refractivity contribution in [3.63, 3.8) is 0 Å². The maximum Gasteiger partial charge on any atom is 0.232 e. The van der Waals surface area contributed by atoms with E-state index in [-0.39, 0.29) is 41.8 Å². The number of amides is 1. The molecule has 0 bridgehead atoms. The van der Waals surface area contributed by atoms with E-state index in [0.717, 1.165) is 44.3 Å². The van der Waals surface area contributed by atoms with Crippen molar-refractivity contribution in [2.75, 3.05) is 25.5 Å². The summed E-state index contributed by atoms with van der Waals surface area (Å²) in [5, 5.41) is 7.56. The SMILES string of the molecule is CN1C(=O)C2C(NNC2c2ccnc(NC3CC3)c2Cl)NC1N1CCC2(CC1)C[C@H](F)C[C@H]2N. The highest BCUT2D eigenvalue weighted by Gasteiger charge is 2.52. The molecule has 11 heteroatoms. The van der Waals surface area contributed by atoms with Crippen molar-refractivity contribution < 1.29 is 9.18 Å². The Bertz CT molecular complexity index is 955. The molecule has 2 saturated carbocycles. The van der Waals surface area contributed by atoms with E-state index < -0.39 is 6.17 Å². The van der Waals surface area contributed by atoms with E-state index in [4.69, 9.17) is 17.3 Å². The lowest BCUT2D eigenvalue weighted by molar-refractivity contribution is -0.151. The number of pyridine rings is 1. The maximum atomic E-state index is 14.0. The number of hydrogen-bond donors (Lipinski definition) is 5. The highest BCUT2D eigenvalue weighted by molar-refractivity contribution is 6.33. The summed E-state index contributed by atoms with van der Waals surface area (Å²) in [5.74, 6) is 0.390. The molecule has 3 aliphatic heterocycles. The number of hydrogen-bond acceptors (Lipinski definition) is 8. The Morgan fingerprint density at radius 1 is 1.29 bits per heavy atom. The number of fused-ring (bicyclic) bond motifs is 1. The Morgan fingerprint density at radius 3 is 2.74 bits per heavy atom. The van der Waals surface area contributed by atoms with Gasteiger partial charge in [0.1, 0.15) is 18.3 Å². The van der Waals surface area contributed by atoms with Gasteiger partial charge in [-0.15, -0.1) is 0 Å². The van der Waals surface area contributed by atoms with Crippen LogP contribution in [0.2, 0.25) is 5.02 Å². The first-order valence-electron chi connectivity index (χ1n) is 12.4. The molecule has 0 aromatic carbocycles. The van der Waals surface area contributed by atoms with E-state index in [9.17, 15) is 9.18 Å². The molecule has 5 fully saturated rings. The third-order valence-corrected chi connectivity index (χ3v) is 9.07. The molecule has 6 atom stereocenters. The molecule has 1 aromatic heterocycles. The van der Waals surface area contributed by atoms with E-state index >= 15 is 0 Å². The molecular formula is C23H34ClFN8O. The number of likely N-dealkylation sites (tertiary alicyclic amines) is 1. The molecule has 3 saturated heterocycles. The molecular weight excluding hydrogens is 459 g/mol. The van der Waals surface area contributed by atoms with Crippen molar-refractivity contribution in [2.24, 2.45) is 17.1 Å². The van der Waals surface area contributed by atoms with Crippen LogP contribution in [-0.2, 0) is 4.79 Å². The minimum Gasteiger partial charge on any atom is -0.366 e. The Hall–Kier alpha value is -1.56. The molecule has 5 aliphatic rings. The van der Waals surface area contributed by atoms with Crippen LogP contribution in [0.1, 0.15) is 50.1 Å². The summed E-state index contributed by atoms with van der Waals surface area (Å²) < 4.78 is 14.0. The van der Waals surface area contributed by atoms with Gasteiger partial charge < -0.3 is 16.0 Å². The number of carbonyl (C=O) groups is 1. The summed E-state index contributed by atoms with van der Waals surface area (Å²) in [6, 6.07) is 1.98. The summed E-state index contributed by atoms with van der Waals surface area (Å²) >= 11 is 6.72. The zero-order valence-corrected chi connectivity index (χ0v) is 20.2. The summed E-state index contributed by atoms with van der Waals surface area (Å²) in [5.41, 5.74) is 13.7. The fraction of sp³-hybridized carbons (Fsp3) is 0.739. The molecule has 4 unspecified atom stereocenters. The average Bonchev–Trinajstić information content (AvgIpc) is 3.47. The summed E-state index contributed by atoms with van der Waals surface area (Å²) in [7, 11) is 1.85. The van der Waals surface area contributed by atoms with Crippen LogP contribution in [0.15, 0.2) is 12.3 Å². The van der Waals surface area contributed by atoms with Gasteiger partial charge in [0, 0.05) is 38.4 Å². The monoisotopic (exact) mass is 492 g/mol. The largest absolute Gasteiger partial charge is 0.366 e. The minimum atomic E-state index is -0.787. The number of aromatic nitrogens is 1.